The molecule has 0 unspecified atom stereocenters. The van der Waals surface area contributed by atoms with Gasteiger partial charge in [-0.3, -0.25) is 0 Å². The third-order valence-corrected chi connectivity index (χ3v) is 1.80. The fourth-order valence-corrected chi connectivity index (χ4v) is 1.17. The molecule has 0 saturated carbocycles. The van der Waals surface area contributed by atoms with Gasteiger partial charge in [-0.25, -0.2) is 0 Å². The summed E-state index contributed by atoms with van der Waals surface area (Å²) in [5, 5.41) is 3.25. The smallest absolute Gasteiger partial charge is 0.0204 e. The molecule has 1 heterocycles. The molecule has 1 N–H and O–H groups in total. The largest absolute Gasteiger partial charge is 0.316 e. The lowest BCUT2D eigenvalue weighted by molar-refractivity contribution is 0.403. The van der Waals surface area contributed by atoms with E-state index in [2.05, 4.69) is 17.3 Å². The Morgan fingerprint density at radius 1 is 1.17 bits per heavy atom. The molecule has 12 heavy (non-hydrogen) atoms. The van der Waals surface area contributed by atoms with Crippen LogP contribution in [0.15, 0.2) is 0 Å². The second-order valence-electron chi connectivity index (χ2n) is 2.54. The quantitative estimate of drug-likeness (QED) is 0.654. The summed E-state index contributed by atoms with van der Waals surface area (Å²) in [6, 6.07) is 0.750. The Morgan fingerprint density at radius 2 is 1.67 bits per heavy atom. The van der Waals surface area contributed by atoms with Crippen LogP contribution < -0.4 is 5.32 Å². The highest BCUT2D eigenvalue weighted by Gasteiger charge is 2.16. The number of hydrogen-bond acceptors (Lipinski definition) is 2. The average molecular weight is 174 g/mol. The third-order valence-electron chi connectivity index (χ3n) is 1.80. The molecule has 76 valence electrons. The Kier molecular flexibility index (Phi) is 13.1. The average Bonchev–Trinajstić information content (AvgIpc) is 2.58. The minimum Gasteiger partial charge on any atom is -0.316 e. The van der Waals surface area contributed by atoms with Crippen molar-refractivity contribution < 1.29 is 0 Å². The number of likely N-dealkylation sites (N-methyl/N-ethyl adjacent to an activating group) is 2. The van der Waals surface area contributed by atoms with E-state index in [1.54, 1.807) is 0 Å². The molecule has 0 bridgehead atoms. The number of nitrogens with zero attached hydrogens (tertiary/aromatic N) is 1. The van der Waals surface area contributed by atoms with E-state index in [0.29, 0.717) is 0 Å². The molecule has 2 nitrogen and oxygen atoms in total. The van der Waals surface area contributed by atoms with Gasteiger partial charge in [-0.2, -0.15) is 0 Å². The van der Waals surface area contributed by atoms with E-state index in [1.807, 2.05) is 34.7 Å². The summed E-state index contributed by atoms with van der Waals surface area (Å²) < 4.78 is 0. The second kappa shape index (κ2) is 10.9. The molecule has 0 aromatic rings. The first-order valence-electron chi connectivity index (χ1n) is 5.18. The van der Waals surface area contributed by atoms with Crippen LogP contribution in [0.3, 0.4) is 0 Å². The van der Waals surface area contributed by atoms with Crippen LogP contribution in [0, 0.1) is 0 Å². The predicted octanol–water partition coefficient (Wildman–Crippen LogP) is 1.96. The predicted molar refractivity (Wildman–Crippen MR) is 57.7 cm³/mol. The molecule has 0 spiro atoms. The van der Waals surface area contributed by atoms with Crippen LogP contribution in [0.2, 0.25) is 0 Å². The highest BCUT2D eigenvalue weighted by atomic mass is 15.2. The zero-order valence-corrected chi connectivity index (χ0v) is 9.65. The normalized spacial score (nSPS) is 22.0. The molecular weight excluding hydrogens is 148 g/mol. The van der Waals surface area contributed by atoms with E-state index in [0.717, 1.165) is 6.04 Å². The molecule has 1 aliphatic rings. The van der Waals surface area contributed by atoms with Gasteiger partial charge in [-0.1, -0.05) is 27.7 Å². The van der Waals surface area contributed by atoms with Gasteiger partial charge in [-0.15, -0.1) is 0 Å². The van der Waals surface area contributed by atoms with Crippen LogP contribution in [0.4, 0.5) is 0 Å². The summed E-state index contributed by atoms with van der Waals surface area (Å²) in [6.07, 6.45) is 1.31. The van der Waals surface area contributed by atoms with E-state index < -0.39 is 0 Å². The molecule has 1 fully saturated rings. The van der Waals surface area contributed by atoms with Crippen LogP contribution in [0.25, 0.3) is 0 Å². The lowest BCUT2D eigenvalue weighted by Crippen LogP contribution is -2.27. The summed E-state index contributed by atoms with van der Waals surface area (Å²) in [4.78, 5) is 2.35. The topological polar surface area (TPSA) is 15.3 Å². The van der Waals surface area contributed by atoms with Crippen molar-refractivity contribution in [2.45, 2.75) is 40.2 Å². The van der Waals surface area contributed by atoms with Gasteiger partial charge in [0.2, 0.25) is 0 Å². The summed E-state index contributed by atoms with van der Waals surface area (Å²) >= 11 is 0. The van der Waals surface area contributed by atoms with Crippen molar-refractivity contribution in [1.29, 1.82) is 0 Å². The lowest BCUT2D eigenvalue weighted by atomic mass is 10.3. The van der Waals surface area contributed by atoms with E-state index in [-0.39, 0.29) is 0 Å². The number of likely N-dealkylation sites (tertiary alicyclic amines) is 1. The van der Waals surface area contributed by atoms with Gasteiger partial charge < -0.3 is 10.2 Å². The molecule has 2 heteroatoms. The van der Waals surface area contributed by atoms with Crippen molar-refractivity contribution in [1.82, 2.24) is 10.2 Å². The van der Waals surface area contributed by atoms with Crippen molar-refractivity contribution in [2.24, 2.45) is 0 Å². The van der Waals surface area contributed by atoms with Crippen molar-refractivity contribution in [3.63, 3.8) is 0 Å². The maximum Gasteiger partial charge on any atom is 0.0204 e. The zero-order valence-electron chi connectivity index (χ0n) is 9.65. The Morgan fingerprint density at radius 3 is 1.83 bits per heavy atom. The Labute approximate surface area is 78.3 Å². The maximum atomic E-state index is 3.25. The van der Waals surface area contributed by atoms with Crippen LogP contribution >= 0.6 is 0 Å². The van der Waals surface area contributed by atoms with Crippen LogP contribution in [-0.2, 0) is 0 Å². The molecule has 1 atom stereocenters. The summed E-state index contributed by atoms with van der Waals surface area (Å²) in [5.74, 6) is 0. The molecule has 1 saturated heterocycles. The van der Waals surface area contributed by atoms with Crippen molar-refractivity contribution in [3.05, 3.63) is 0 Å². The molecule has 0 radical (unpaired) electrons. The van der Waals surface area contributed by atoms with Gasteiger partial charge in [-0.05, 0) is 27.1 Å². The third kappa shape index (κ3) is 6.62. The SMILES string of the molecule is CC.CC.CN[C@@H]1CCN(C)C1. The van der Waals surface area contributed by atoms with E-state index in [4.69, 9.17) is 0 Å². The monoisotopic (exact) mass is 174 g/mol. The second-order valence-corrected chi connectivity index (χ2v) is 2.54. The van der Waals surface area contributed by atoms with E-state index in [1.165, 1.54) is 19.5 Å². The summed E-state index contributed by atoms with van der Waals surface area (Å²) in [7, 11) is 4.20. The summed E-state index contributed by atoms with van der Waals surface area (Å²) in [5.41, 5.74) is 0. The Bertz CT molecular complexity index is 74.2. The van der Waals surface area contributed by atoms with Gasteiger partial charge in [0, 0.05) is 12.6 Å². The Hall–Kier alpha value is -0.0800. The molecule has 0 aromatic heterocycles. The van der Waals surface area contributed by atoms with Gasteiger partial charge in [0.05, 0.1) is 0 Å². The zero-order chi connectivity index (χ0) is 9.98. The summed E-state index contributed by atoms with van der Waals surface area (Å²) in [6.45, 7) is 10.5. The number of rotatable bonds is 1. The molecule has 0 aromatic carbocycles. The number of nitrogens with one attached hydrogen (secondary N) is 1. The molecule has 0 amide bonds. The Balaban J connectivity index is 0. The highest BCUT2D eigenvalue weighted by molar-refractivity contribution is 4.76. The number of hydrogen-bond donors (Lipinski definition) is 1. The van der Waals surface area contributed by atoms with Crippen molar-refractivity contribution >= 4 is 0 Å². The highest BCUT2D eigenvalue weighted by Crippen LogP contribution is 2.04. The first-order valence-corrected chi connectivity index (χ1v) is 5.18. The van der Waals surface area contributed by atoms with Crippen LogP contribution in [0.1, 0.15) is 34.1 Å². The molecule has 1 aliphatic heterocycles. The van der Waals surface area contributed by atoms with Gasteiger partial charge in [0.15, 0.2) is 0 Å². The molecule has 1 rings (SSSR count). The minimum atomic E-state index is 0.750. The van der Waals surface area contributed by atoms with Crippen LogP contribution in [-0.4, -0.2) is 38.1 Å². The maximum absolute atomic E-state index is 3.25. The van der Waals surface area contributed by atoms with Crippen molar-refractivity contribution in [3.8, 4) is 0 Å². The first-order chi connectivity index (χ1) is 5.83. The van der Waals surface area contributed by atoms with E-state index in [9.17, 15) is 0 Å². The van der Waals surface area contributed by atoms with Gasteiger partial charge >= 0.3 is 0 Å². The molecule has 0 aliphatic carbocycles. The standard InChI is InChI=1S/C6H14N2.2C2H6/c1-7-6-3-4-8(2)5-6;2*1-2/h6-7H,3-5H2,1-2H3;2*1-2H3/t6-;;/m1../s1. The van der Waals surface area contributed by atoms with Gasteiger partial charge in [0.1, 0.15) is 0 Å². The van der Waals surface area contributed by atoms with Gasteiger partial charge in [0.25, 0.3) is 0 Å². The first kappa shape index (κ1) is 14.4. The van der Waals surface area contributed by atoms with Crippen LogP contribution in [0.5, 0.6) is 0 Å². The van der Waals surface area contributed by atoms with E-state index >= 15 is 0 Å². The van der Waals surface area contributed by atoms with Crippen molar-refractivity contribution in [2.75, 3.05) is 27.2 Å². The lowest BCUT2D eigenvalue weighted by Gasteiger charge is -2.07. The fourth-order valence-electron chi connectivity index (χ4n) is 1.17. The fraction of sp³-hybridized carbons (Fsp3) is 1.00. The molecular formula is C10H26N2. The minimum absolute atomic E-state index is 0.750.